The van der Waals surface area contributed by atoms with E-state index in [2.05, 4.69) is 20.9 Å². The van der Waals surface area contributed by atoms with Crippen molar-refractivity contribution in [3.8, 4) is 11.5 Å². The van der Waals surface area contributed by atoms with Gasteiger partial charge in [0.15, 0.2) is 17.3 Å². The van der Waals surface area contributed by atoms with Gasteiger partial charge in [0, 0.05) is 46.3 Å². The molecule has 0 saturated heterocycles. The van der Waals surface area contributed by atoms with Gasteiger partial charge in [-0.1, -0.05) is 12.1 Å². The van der Waals surface area contributed by atoms with Crippen molar-refractivity contribution < 1.29 is 19.1 Å². The van der Waals surface area contributed by atoms with E-state index in [1.165, 1.54) is 0 Å². The molecule has 1 amide bonds. The molecule has 29 heavy (non-hydrogen) atoms. The van der Waals surface area contributed by atoms with Crippen LogP contribution in [0.1, 0.15) is 37.2 Å². The monoisotopic (exact) mass is 456 g/mol. The third kappa shape index (κ3) is 3.44. The maximum Gasteiger partial charge on any atom is 0.233 e. The summed E-state index contributed by atoms with van der Waals surface area (Å²) in [6.07, 6.45) is 3.70. The van der Waals surface area contributed by atoms with Gasteiger partial charge < -0.3 is 9.47 Å². The molecule has 2 aliphatic rings. The predicted molar refractivity (Wildman–Crippen MR) is 112 cm³/mol. The number of allylic oxidation sites excluding steroid dienone is 2. The molecule has 150 valence electrons. The normalized spacial score (nSPS) is 19.3. The molecule has 1 aliphatic heterocycles. The number of anilines is 1. The number of hydrogen-bond acceptors (Lipinski definition) is 5. The highest BCUT2D eigenvalue weighted by Crippen LogP contribution is 2.47. The van der Waals surface area contributed by atoms with Gasteiger partial charge in [0.05, 0.1) is 14.2 Å². The topological polar surface area (TPSA) is 68.7 Å². The Bertz CT molecular complexity index is 1000. The molecule has 0 fully saturated rings. The van der Waals surface area contributed by atoms with Gasteiger partial charge >= 0.3 is 0 Å². The number of methoxy groups -OCH3 is 2. The first-order valence-electron chi connectivity index (χ1n) is 9.46. The highest BCUT2D eigenvalue weighted by Gasteiger charge is 2.41. The van der Waals surface area contributed by atoms with Crippen molar-refractivity contribution in [2.24, 2.45) is 0 Å². The van der Waals surface area contributed by atoms with Crippen LogP contribution in [-0.2, 0) is 9.59 Å². The van der Waals surface area contributed by atoms with Crippen LogP contribution in [0.25, 0.3) is 0 Å². The largest absolute Gasteiger partial charge is 0.493 e. The molecule has 0 N–H and O–H groups in total. The zero-order valence-corrected chi connectivity index (χ0v) is 17.9. The summed E-state index contributed by atoms with van der Waals surface area (Å²) >= 11 is 3.37. The van der Waals surface area contributed by atoms with Crippen LogP contribution in [0, 0.1) is 0 Å². The number of para-hydroxylation sites is 1. The fourth-order valence-electron chi connectivity index (χ4n) is 4.21. The molecule has 6 nitrogen and oxygen atoms in total. The molecule has 7 heteroatoms. The second-order valence-electron chi connectivity index (χ2n) is 7.04. The van der Waals surface area contributed by atoms with Gasteiger partial charge in [0.25, 0.3) is 0 Å². The molecular formula is C22H21BrN2O4. The van der Waals surface area contributed by atoms with Crippen LogP contribution in [0.4, 0.5) is 5.82 Å². The van der Waals surface area contributed by atoms with Crippen molar-refractivity contribution in [2.75, 3.05) is 19.1 Å². The minimum atomic E-state index is -0.359. The van der Waals surface area contributed by atoms with Gasteiger partial charge in [-0.2, -0.15) is 0 Å². The van der Waals surface area contributed by atoms with Crippen LogP contribution in [0.15, 0.2) is 52.3 Å². The van der Waals surface area contributed by atoms with Crippen LogP contribution >= 0.6 is 15.9 Å². The summed E-state index contributed by atoms with van der Waals surface area (Å²) in [6, 6.07) is 9.20. The quantitative estimate of drug-likeness (QED) is 0.682. The third-order valence-electron chi connectivity index (χ3n) is 5.42. The molecule has 0 saturated carbocycles. The summed E-state index contributed by atoms with van der Waals surface area (Å²) in [4.78, 5) is 32.3. The number of benzene rings is 1. The van der Waals surface area contributed by atoms with E-state index < -0.39 is 0 Å². The van der Waals surface area contributed by atoms with Crippen molar-refractivity contribution >= 4 is 33.4 Å². The Morgan fingerprint density at radius 2 is 1.93 bits per heavy atom. The summed E-state index contributed by atoms with van der Waals surface area (Å²) in [6.45, 7) is 0. The van der Waals surface area contributed by atoms with Gasteiger partial charge in [-0.15, -0.1) is 0 Å². The van der Waals surface area contributed by atoms with Gasteiger partial charge in [-0.25, -0.2) is 4.98 Å². The molecule has 1 aromatic heterocycles. The molecular weight excluding hydrogens is 436 g/mol. The molecule has 2 heterocycles. The Kier molecular flexibility index (Phi) is 5.41. The summed E-state index contributed by atoms with van der Waals surface area (Å²) in [5.41, 5.74) is 2.24. The average molecular weight is 457 g/mol. The van der Waals surface area contributed by atoms with E-state index in [-0.39, 0.29) is 24.0 Å². The molecule has 0 spiro atoms. The first-order chi connectivity index (χ1) is 14.0. The number of amides is 1. The summed E-state index contributed by atoms with van der Waals surface area (Å²) in [5, 5.41) is 0. The summed E-state index contributed by atoms with van der Waals surface area (Å²) in [7, 11) is 3.15. The summed E-state index contributed by atoms with van der Waals surface area (Å²) < 4.78 is 11.8. The first-order valence-corrected chi connectivity index (χ1v) is 10.3. The number of carbonyl (C=O) groups excluding carboxylic acids is 2. The van der Waals surface area contributed by atoms with E-state index in [0.29, 0.717) is 35.7 Å². The van der Waals surface area contributed by atoms with E-state index in [4.69, 9.17) is 9.47 Å². The van der Waals surface area contributed by atoms with Crippen LogP contribution in [-0.4, -0.2) is 30.9 Å². The standard InChI is InChI=1S/C22H21BrN2O4/c1-28-18-8-3-5-14(22(18)29-2)15-11-20(27)25(19-10-9-13(23)12-24-19)16-6-4-7-17(26)21(15)16/h3,5,8-10,12,15H,4,6-7,11H2,1-2H3. The van der Waals surface area contributed by atoms with Gasteiger partial charge in [-0.05, 0) is 47.0 Å². The lowest BCUT2D eigenvalue weighted by Gasteiger charge is -2.38. The lowest BCUT2D eigenvalue weighted by atomic mass is 9.77. The zero-order valence-electron chi connectivity index (χ0n) is 16.3. The second-order valence-corrected chi connectivity index (χ2v) is 7.96. The SMILES string of the molecule is COc1cccc(C2CC(=O)N(c3ccc(Br)cn3)C3=C2C(=O)CCC3)c1OC. The van der Waals surface area contributed by atoms with Crippen molar-refractivity contribution in [3.63, 3.8) is 0 Å². The Labute approximate surface area is 177 Å². The minimum absolute atomic E-state index is 0.0794. The zero-order chi connectivity index (χ0) is 20.5. The molecule has 1 atom stereocenters. The molecule has 0 radical (unpaired) electrons. The highest BCUT2D eigenvalue weighted by atomic mass is 79.9. The number of carbonyl (C=O) groups is 2. The molecule has 0 bridgehead atoms. The van der Waals surface area contributed by atoms with E-state index in [9.17, 15) is 9.59 Å². The number of aromatic nitrogens is 1. The van der Waals surface area contributed by atoms with E-state index >= 15 is 0 Å². The highest BCUT2D eigenvalue weighted by molar-refractivity contribution is 9.10. The van der Waals surface area contributed by atoms with Gasteiger partial charge in [0.1, 0.15) is 5.82 Å². The van der Waals surface area contributed by atoms with Crippen LogP contribution in [0.3, 0.4) is 0 Å². The van der Waals surface area contributed by atoms with Crippen molar-refractivity contribution in [2.45, 2.75) is 31.6 Å². The van der Waals surface area contributed by atoms with E-state index in [1.54, 1.807) is 31.4 Å². The number of pyridine rings is 1. The maximum absolute atomic E-state index is 13.2. The second kappa shape index (κ2) is 7.99. The van der Waals surface area contributed by atoms with Crippen LogP contribution < -0.4 is 14.4 Å². The first kappa shape index (κ1) is 19.6. The third-order valence-corrected chi connectivity index (χ3v) is 5.89. The van der Waals surface area contributed by atoms with Crippen molar-refractivity contribution in [3.05, 3.63) is 57.8 Å². The lowest BCUT2D eigenvalue weighted by Crippen LogP contribution is -2.41. The maximum atomic E-state index is 13.2. The number of rotatable bonds is 4. The van der Waals surface area contributed by atoms with Gasteiger partial charge in [0.2, 0.25) is 5.91 Å². The fraction of sp³-hybridized carbons (Fsp3) is 0.318. The van der Waals surface area contributed by atoms with E-state index in [0.717, 1.165) is 22.2 Å². The Morgan fingerprint density at radius 1 is 1.10 bits per heavy atom. The number of ether oxygens (including phenoxy) is 2. The number of halogens is 1. The molecule has 2 aromatic rings. The van der Waals surface area contributed by atoms with E-state index in [1.807, 2.05) is 24.3 Å². The van der Waals surface area contributed by atoms with Crippen molar-refractivity contribution in [1.29, 1.82) is 0 Å². The van der Waals surface area contributed by atoms with Crippen LogP contribution in [0.5, 0.6) is 11.5 Å². The molecule has 1 unspecified atom stereocenters. The van der Waals surface area contributed by atoms with Crippen LogP contribution in [0.2, 0.25) is 0 Å². The lowest BCUT2D eigenvalue weighted by molar-refractivity contribution is -0.120. The van der Waals surface area contributed by atoms with Crippen molar-refractivity contribution in [1.82, 2.24) is 4.98 Å². The van der Waals surface area contributed by atoms with Gasteiger partial charge in [-0.3, -0.25) is 14.5 Å². The Balaban J connectivity index is 1.88. The molecule has 4 rings (SSSR count). The molecule has 1 aliphatic carbocycles. The summed E-state index contributed by atoms with van der Waals surface area (Å²) in [5.74, 6) is 1.32. The predicted octanol–water partition coefficient (Wildman–Crippen LogP) is 4.39. The average Bonchev–Trinajstić information content (AvgIpc) is 2.73. The fourth-order valence-corrected chi connectivity index (χ4v) is 4.45. The number of Topliss-reactive ketones (excluding diaryl/α,β-unsaturated/α-hetero) is 1. The Morgan fingerprint density at radius 3 is 2.62 bits per heavy atom. The molecule has 1 aromatic carbocycles. The number of ketones is 1. The minimum Gasteiger partial charge on any atom is -0.493 e. The number of hydrogen-bond donors (Lipinski definition) is 0. The Hall–Kier alpha value is -2.67. The number of nitrogens with zero attached hydrogens (tertiary/aromatic N) is 2. The smallest absolute Gasteiger partial charge is 0.233 e.